The number of hydrogen-bond acceptors (Lipinski definition) is 6. The van der Waals surface area contributed by atoms with Crippen molar-refractivity contribution in [3.63, 3.8) is 0 Å². The first-order chi connectivity index (χ1) is 15.2. The van der Waals surface area contributed by atoms with Gasteiger partial charge in [-0.3, -0.25) is 29.9 Å². The Labute approximate surface area is 192 Å². The van der Waals surface area contributed by atoms with E-state index in [9.17, 15) is 19.7 Å². The number of carbonyl (C=O) groups excluding carboxylic acids is 2. The van der Waals surface area contributed by atoms with Crippen LogP contribution in [0.25, 0.3) is 17.4 Å². The van der Waals surface area contributed by atoms with Gasteiger partial charge in [0.05, 0.1) is 10.6 Å². The van der Waals surface area contributed by atoms with Crippen molar-refractivity contribution >= 4 is 58.2 Å². The topological polar surface area (TPSA) is 106 Å². The zero-order chi connectivity index (χ0) is 23.0. The molecule has 0 atom stereocenters. The molecule has 2 amide bonds. The van der Waals surface area contributed by atoms with Gasteiger partial charge >= 0.3 is 0 Å². The molecule has 0 aliphatic carbocycles. The number of nitrogens with one attached hydrogen (secondary N) is 1. The summed E-state index contributed by atoms with van der Waals surface area (Å²) in [5, 5.41) is 13.9. The van der Waals surface area contributed by atoms with Crippen LogP contribution in [0, 0.1) is 17.0 Å². The molecule has 1 aliphatic heterocycles. The molecule has 32 heavy (non-hydrogen) atoms. The maximum atomic E-state index is 13.0. The molecule has 0 spiro atoms. The van der Waals surface area contributed by atoms with E-state index in [0.717, 1.165) is 0 Å². The van der Waals surface area contributed by atoms with Crippen LogP contribution in [-0.4, -0.2) is 21.9 Å². The van der Waals surface area contributed by atoms with E-state index in [-0.39, 0.29) is 22.1 Å². The number of hydrogen-bond donors (Lipinski definition) is 1. The number of rotatable bonds is 4. The SMILES string of the molecule is Cc1cc([N+](=O)[O-])ccc1-c1ccc(C=C2C(=O)NC(=S)N(c3ccc(Cl)cc3)C2=O)o1. The number of carbonyl (C=O) groups is 2. The zero-order valence-corrected chi connectivity index (χ0v) is 18.1. The van der Waals surface area contributed by atoms with Crippen molar-refractivity contribution in [2.75, 3.05) is 4.90 Å². The third-order valence-corrected chi connectivity index (χ3v) is 5.32. The van der Waals surface area contributed by atoms with Crippen LogP contribution < -0.4 is 10.2 Å². The van der Waals surface area contributed by atoms with E-state index >= 15 is 0 Å². The van der Waals surface area contributed by atoms with Gasteiger partial charge in [0.1, 0.15) is 17.1 Å². The van der Waals surface area contributed by atoms with Crippen LogP contribution in [0.15, 0.2) is 64.6 Å². The molecule has 1 aromatic heterocycles. The lowest BCUT2D eigenvalue weighted by Gasteiger charge is -2.28. The van der Waals surface area contributed by atoms with Gasteiger partial charge in [-0.25, -0.2) is 0 Å². The van der Waals surface area contributed by atoms with Crippen LogP contribution in [0.5, 0.6) is 0 Å². The summed E-state index contributed by atoms with van der Waals surface area (Å²) in [6.07, 6.45) is 1.33. The second-order valence-corrected chi connectivity index (χ2v) is 7.72. The summed E-state index contributed by atoms with van der Waals surface area (Å²) in [6, 6.07) is 14.1. The zero-order valence-electron chi connectivity index (χ0n) is 16.5. The molecule has 0 bridgehead atoms. The van der Waals surface area contributed by atoms with Gasteiger partial charge in [-0.1, -0.05) is 11.6 Å². The van der Waals surface area contributed by atoms with Gasteiger partial charge in [-0.15, -0.1) is 0 Å². The van der Waals surface area contributed by atoms with Gasteiger partial charge in [-0.05, 0) is 73.2 Å². The van der Waals surface area contributed by atoms with Crippen LogP contribution >= 0.6 is 23.8 Å². The fraction of sp³-hybridized carbons (Fsp3) is 0.0455. The summed E-state index contributed by atoms with van der Waals surface area (Å²) >= 11 is 11.1. The van der Waals surface area contributed by atoms with Crippen LogP contribution in [0.2, 0.25) is 5.02 Å². The molecule has 1 aliphatic rings. The van der Waals surface area contributed by atoms with Crippen molar-refractivity contribution in [1.82, 2.24) is 5.32 Å². The van der Waals surface area contributed by atoms with Crippen LogP contribution in [-0.2, 0) is 9.59 Å². The van der Waals surface area contributed by atoms with Crippen LogP contribution in [0.4, 0.5) is 11.4 Å². The molecule has 2 heterocycles. The third kappa shape index (κ3) is 4.03. The van der Waals surface area contributed by atoms with E-state index in [1.165, 1.54) is 23.1 Å². The van der Waals surface area contributed by atoms with E-state index in [2.05, 4.69) is 5.32 Å². The van der Waals surface area contributed by atoms with Gasteiger partial charge in [0.25, 0.3) is 17.5 Å². The molecule has 0 radical (unpaired) electrons. The number of nitrogens with zero attached hydrogens (tertiary/aromatic N) is 2. The first-order valence-electron chi connectivity index (χ1n) is 9.27. The predicted octanol–water partition coefficient (Wildman–Crippen LogP) is 4.65. The third-order valence-electron chi connectivity index (χ3n) is 4.79. The maximum absolute atomic E-state index is 13.0. The molecular formula is C22H14ClN3O5S. The molecule has 10 heteroatoms. The number of nitro groups is 1. The lowest BCUT2D eigenvalue weighted by molar-refractivity contribution is -0.384. The number of anilines is 1. The van der Waals surface area contributed by atoms with E-state index in [4.69, 9.17) is 28.2 Å². The highest BCUT2D eigenvalue weighted by molar-refractivity contribution is 7.80. The fourth-order valence-electron chi connectivity index (χ4n) is 3.24. The number of thiocarbonyl (C=S) groups is 1. The molecule has 0 unspecified atom stereocenters. The minimum atomic E-state index is -0.644. The second kappa shape index (κ2) is 8.37. The molecule has 8 nitrogen and oxygen atoms in total. The van der Waals surface area contributed by atoms with Crippen molar-refractivity contribution in [2.45, 2.75) is 6.92 Å². The summed E-state index contributed by atoms with van der Waals surface area (Å²) in [5.74, 6) is -0.543. The van der Waals surface area contributed by atoms with E-state index in [1.54, 1.807) is 49.4 Å². The Morgan fingerprint density at radius 1 is 1.12 bits per heavy atom. The minimum absolute atomic E-state index is 0.0251. The normalized spacial score (nSPS) is 15.2. The number of furan rings is 1. The Morgan fingerprint density at radius 3 is 2.50 bits per heavy atom. The minimum Gasteiger partial charge on any atom is -0.457 e. The molecule has 2 aromatic carbocycles. The van der Waals surface area contributed by atoms with E-state index < -0.39 is 16.7 Å². The number of aryl methyl sites for hydroxylation is 1. The number of nitro benzene ring substituents is 1. The van der Waals surface area contributed by atoms with Gasteiger partial charge in [0.15, 0.2) is 5.11 Å². The Bertz CT molecular complexity index is 1310. The number of amides is 2. The first kappa shape index (κ1) is 21.4. The van der Waals surface area contributed by atoms with Crippen molar-refractivity contribution < 1.29 is 18.9 Å². The molecule has 160 valence electrons. The molecule has 4 rings (SSSR count). The van der Waals surface area contributed by atoms with Gasteiger partial charge < -0.3 is 4.42 Å². The van der Waals surface area contributed by atoms with Crippen LogP contribution in [0.3, 0.4) is 0 Å². The highest BCUT2D eigenvalue weighted by Crippen LogP contribution is 2.30. The highest BCUT2D eigenvalue weighted by Gasteiger charge is 2.34. The molecular weight excluding hydrogens is 454 g/mol. The average molecular weight is 468 g/mol. The van der Waals surface area contributed by atoms with Crippen LogP contribution in [0.1, 0.15) is 11.3 Å². The second-order valence-electron chi connectivity index (χ2n) is 6.89. The lowest BCUT2D eigenvalue weighted by atomic mass is 10.1. The number of benzene rings is 2. The van der Waals surface area contributed by atoms with Gasteiger partial charge in [0.2, 0.25) is 0 Å². The van der Waals surface area contributed by atoms with E-state index in [0.29, 0.717) is 27.6 Å². The molecule has 1 saturated heterocycles. The summed E-state index contributed by atoms with van der Waals surface area (Å²) in [7, 11) is 0. The Hall–Kier alpha value is -3.82. The summed E-state index contributed by atoms with van der Waals surface area (Å²) in [5.41, 5.74) is 1.58. The quantitative estimate of drug-likeness (QED) is 0.197. The Balaban J connectivity index is 1.66. The number of halogens is 1. The summed E-state index contributed by atoms with van der Waals surface area (Å²) < 4.78 is 5.79. The lowest BCUT2D eigenvalue weighted by Crippen LogP contribution is -2.54. The summed E-state index contributed by atoms with van der Waals surface area (Å²) in [6.45, 7) is 1.73. The van der Waals surface area contributed by atoms with Crippen molar-refractivity contribution in [3.8, 4) is 11.3 Å². The van der Waals surface area contributed by atoms with E-state index in [1.807, 2.05) is 0 Å². The number of non-ortho nitro benzene ring substituents is 1. The Morgan fingerprint density at radius 2 is 1.84 bits per heavy atom. The molecule has 1 N–H and O–H groups in total. The maximum Gasteiger partial charge on any atom is 0.270 e. The van der Waals surface area contributed by atoms with Crippen molar-refractivity contribution in [2.24, 2.45) is 0 Å². The molecule has 1 fully saturated rings. The largest absolute Gasteiger partial charge is 0.457 e. The van der Waals surface area contributed by atoms with Crippen molar-refractivity contribution in [1.29, 1.82) is 0 Å². The predicted molar refractivity (Wildman–Crippen MR) is 123 cm³/mol. The standard InChI is InChI=1S/C22H14ClN3O5S/c1-12-10-15(26(29)30)6-8-17(12)19-9-7-16(31-19)11-18-20(27)24-22(32)25(21(18)28)14-4-2-13(23)3-5-14/h2-11H,1H3,(H,24,27,32). The van der Waals surface area contributed by atoms with Crippen molar-refractivity contribution in [3.05, 3.63) is 86.6 Å². The first-order valence-corrected chi connectivity index (χ1v) is 10.1. The van der Waals surface area contributed by atoms with Gasteiger partial charge in [-0.2, -0.15) is 0 Å². The monoisotopic (exact) mass is 467 g/mol. The van der Waals surface area contributed by atoms with Gasteiger partial charge in [0, 0.05) is 22.7 Å². The smallest absolute Gasteiger partial charge is 0.270 e. The summed E-state index contributed by atoms with van der Waals surface area (Å²) in [4.78, 5) is 37.1. The average Bonchev–Trinajstić information content (AvgIpc) is 3.20. The molecule has 3 aromatic rings. The molecule has 0 saturated carbocycles. The fourth-order valence-corrected chi connectivity index (χ4v) is 3.64. The highest BCUT2D eigenvalue weighted by atomic mass is 35.5. The Kier molecular flexibility index (Phi) is 5.60.